The normalized spacial score (nSPS) is 11.3. The van der Waals surface area contributed by atoms with Crippen molar-refractivity contribution >= 4 is 33.8 Å². The van der Waals surface area contributed by atoms with E-state index in [1.165, 1.54) is 30.5 Å². The van der Waals surface area contributed by atoms with Crippen LogP contribution in [-0.4, -0.2) is 27.1 Å². The highest BCUT2D eigenvalue weighted by molar-refractivity contribution is 7.87. The van der Waals surface area contributed by atoms with Gasteiger partial charge in [-0.25, -0.2) is 5.43 Å². The van der Waals surface area contributed by atoms with Crippen LogP contribution in [0.15, 0.2) is 82.8 Å². The van der Waals surface area contributed by atoms with Crippen molar-refractivity contribution in [2.24, 2.45) is 5.10 Å². The molecule has 9 heteroatoms. The van der Waals surface area contributed by atoms with Crippen molar-refractivity contribution in [1.82, 2.24) is 5.43 Å². The van der Waals surface area contributed by atoms with E-state index >= 15 is 0 Å². The summed E-state index contributed by atoms with van der Waals surface area (Å²) in [6.07, 6.45) is 1.37. The maximum atomic E-state index is 12.6. The molecule has 0 atom stereocenters. The van der Waals surface area contributed by atoms with Crippen LogP contribution in [0.4, 0.5) is 0 Å². The molecule has 1 amide bonds. The topological polar surface area (TPSA) is 94.1 Å². The van der Waals surface area contributed by atoms with Gasteiger partial charge in [-0.05, 0) is 48.9 Å². The molecule has 0 aromatic heterocycles. The molecule has 0 saturated heterocycles. The number of rotatable bonds is 8. The van der Waals surface area contributed by atoms with Crippen molar-refractivity contribution in [2.45, 2.75) is 11.8 Å². The van der Waals surface area contributed by atoms with Gasteiger partial charge in [0.05, 0.1) is 17.8 Å². The lowest BCUT2D eigenvalue weighted by Crippen LogP contribution is -2.17. The van der Waals surface area contributed by atoms with Crippen molar-refractivity contribution in [1.29, 1.82) is 0 Å². The summed E-state index contributed by atoms with van der Waals surface area (Å²) in [5.74, 6) is -0.370. The lowest BCUT2D eigenvalue weighted by Gasteiger charge is -2.14. The Kier molecular flexibility index (Phi) is 7.28. The molecule has 0 aliphatic rings. The van der Waals surface area contributed by atoms with Crippen molar-refractivity contribution in [3.05, 3.63) is 88.9 Å². The average Bonchev–Trinajstić information content (AvgIpc) is 2.77. The Balaban J connectivity index is 1.82. The van der Waals surface area contributed by atoms with Gasteiger partial charge in [0.2, 0.25) is 5.75 Å². The molecule has 0 bridgehead atoms. The van der Waals surface area contributed by atoms with Crippen LogP contribution in [0.2, 0.25) is 5.02 Å². The minimum atomic E-state index is -4.10. The van der Waals surface area contributed by atoms with Crippen LogP contribution in [0.1, 0.15) is 22.8 Å². The molecule has 0 radical (unpaired) electrons. The first-order valence-corrected chi connectivity index (χ1v) is 11.0. The van der Waals surface area contributed by atoms with E-state index in [-0.39, 0.29) is 33.9 Å². The molecule has 1 N–H and O–H groups in total. The Morgan fingerprint density at radius 2 is 1.71 bits per heavy atom. The average molecular weight is 459 g/mol. The van der Waals surface area contributed by atoms with E-state index < -0.39 is 10.1 Å². The summed E-state index contributed by atoms with van der Waals surface area (Å²) in [6, 6.07) is 19.3. The molecule has 31 heavy (non-hydrogen) atoms. The zero-order valence-corrected chi connectivity index (χ0v) is 18.1. The zero-order valence-electron chi connectivity index (χ0n) is 16.5. The Labute approximate surface area is 185 Å². The Bertz CT molecular complexity index is 1180. The molecule has 0 saturated carbocycles. The van der Waals surface area contributed by atoms with E-state index in [0.29, 0.717) is 11.1 Å². The van der Waals surface area contributed by atoms with E-state index in [1.807, 2.05) is 0 Å². The lowest BCUT2D eigenvalue weighted by molar-refractivity contribution is 0.0955. The number of nitrogens with zero attached hydrogens (tertiary/aromatic N) is 1. The molecule has 3 aromatic rings. The maximum absolute atomic E-state index is 12.6. The molecule has 0 fully saturated rings. The van der Waals surface area contributed by atoms with Gasteiger partial charge in [-0.1, -0.05) is 48.0 Å². The number of hydrogen-bond donors (Lipinski definition) is 1. The van der Waals surface area contributed by atoms with E-state index in [0.717, 1.165) is 0 Å². The molecule has 0 spiro atoms. The standard InChI is InChI=1S/C22H19ClN2O5S/c1-2-29-20-14-16(15-24-25-22(26)17-9-5-3-6-10-17)13-19(23)21(20)30-31(27,28)18-11-7-4-8-12-18/h3-15H,2H2,1H3,(H,25,26). The third-order valence-corrected chi connectivity index (χ3v) is 5.49. The molecule has 3 rings (SSSR count). The van der Waals surface area contributed by atoms with Gasteiger partial charge in [0.1, 0.15) is 4.90 Å². The van der Waals surface area contributed by atoms with Gasteiger partial charge < -0.3 is 8.92 Å². The zero-order chi connectivity index (χ0) is 22.3. The number of hydrazone groups is 1. The third-order valence-electron chi connectivity index (χ3n) is 3.97. The molecule has 0 aliphatic heterocycles. The highest BCUT2D eigenvalue weighted by Gasteiger charge is 2.22. The highest BCUT2D eigenvalue weighted by Crippen LogP contribution is 2.38. The van der Waals surface area contributed by atoms with Crippen LogP contribution < -0.4 is 14.3 Å². The molecule has 160 valence electrons. The van der Waals surface area contributed by atoms with Crippen molar-refractivity contribution < 1.29 is 22.1 Å². The Morgan fingerprint density at radius 3 is 2.35 bits per heavy atom. The predicted molar refractivity (Wildman–Crippen MR) is 118 cm³/mol. The van der Waals surface area contributed by atoms with E-state index in [4.69, 9.17) is 20.5 Å². The first kappa shape index (κ1) is 22.3. The summed E-state index contributed by atoms with van der Waals surface area (Å²) >= 11 is 6.28. The van der Waals surface area contributed by atoms with Gasteiger partial charge in [0, 0.05) is 5.56 Å². The lowest BCUT2D eigenvalue weighted by atomic mass is 10.2. The minimum Gasteiger partial charge on any atom is -0.490 e. The van der Waals surface area contributed by atoms with Crippen LogP contribution in [0, 0.1) is 0 Å². The van der Waals surface area contributed by atoms with Crippen LogP contribution in [0.3, 0.4) is 0 Å². The van der Waals surface area contributed by atoms with E-state index in [9.17, 15) is 13.2 Å². The third kappa shape index (κ3) is 5.84. The number of nitrogens with one attached hydrogen (secondary N) is 1. The summed E-state index contributed by atoms with van der Waals surface area (Å²) in [5, 5.41) is 3.93. The van der Waals surface area contributed by atoms with Gasteiger partial charge in [-0.15, -0.1) is 0 Å². The molecule has 0 aliphatic carbocycles. The van der Waals surface area contributed by atoms with Gasteiger partial charge >= 0.3 is 10.1 Å². The summed E-state index contributed by atoms with van der Waals surface area (Å²) < 4.78 is 35.9. The highest BCUT2D eigenvalue weighted by atomic mass is 35.5. The fourth-order valence-electron chi connectivity index (χ4n) is 2.57. The number of carbonyl (C=O) groups is 1. The number of benzene rings is 3. The van der Waals surface area contributed by atoms with Crippen molar-refractivity contribution in [2.75, 3.05) is 6.61 Å². The second-order valence-electron chi connectivity index (χ2n) is 6.18. The summed E-state index contributed by atoms with van der Waals surface area (Å²) in [7, 11) is -4.10. The number of hydrogen-bond acceptors (Lipinski definition) is 6. The number of halogens is 1. The van der Waals surface area contributed by atoms with Gasteiger partial charge in [0.25, 0.3) is 5.91 Å². The molecular formula is C22H19ClN2O5S. The number of carbonyl (C=O) groups excluding carboxylic acids is 1. The first-order chi connectivity index (χ1) is 14.9. The summed E-state index contributed by atoms with van der Waals surface area (Å²) in [5.41, 5.74) is 3.35. The summed E-state index contributed by atoms with van der Waals surface area (Å²) in [4.78, 5) is 12.0. The fourth-order valence-corrected chi connectivity index (χ4v) is 3.85. The molecular weight excluding hydrogens is 440 g/mol. The minimum absolute atomic E-state index is 0.0113. The van der Waals surface area contributed by atoms with E-state index in [2.05, 4.69) is 10.5 Å². The van der Waals surface area contributed by atoms with Crippen LogP contribution >= 0.6 is 11.6 Å². The van der Waals surface area contributed by atoms with Gasteiger partial charge in [0.15, 0.2) is 5.75 Å². The molecule has 0 unspecified atom stereocenters. The van der Waals surface area contributed by atoms with Crippen LogP contribution in [0.25, 0.3) is 0 Å². The van der Waals surface area contributed by atoms with Gasteiger partial charge in [-0.2, -0.15) is 13.5 Å². The largest absolute Gasteiger partial charge is 0.490 e. The second kappa shape index (κ2) is 10.1. The van der Waals surface area contributed by atoms with Crippen molar-refractivity contribution in [3.63, 3.8) is 0 Å². The van der Waals surface area contributed by atoms with Crippen LogP contribution in [0.5, 0.6) is 11.5 Å². The van der Waals surface area contributed by atoms with Crippen LogP contribution in [-0.2, 0) is 10.1 Å². The van der Waals surface area contributed by atoms with E-state index in [1.54, 1.807) is 55.5 Å². The molecule has 7 nitrogen and oxygen atoms in total. The number of amides is 1. The van der Waals surface area contributed by atoms with Gasteiger partial charge in [-0.3, -0.25) is 4.79 Å². The second-order valence-corrected chi connectivity index (χ2v) is 8.13. The molecule has 0 heterocycles. The predicted octanol–water partition coefficient (Wildman–Crippen LogP) is 4.27. The Hall–Kier alpha value is -3.36. The monoisotopic (exact) mass is 458 g/mol. The van der Waals surface area contributed by atoms with Crippen molar-refractivity contribution in [3.8, 4) is 11.5 Å². The smallest absolute Gasteiger partial charge is 0.339 e. The Morgan fingerprint density at radius 1 is 1.06 bits per heavy atom. The summed E-state index contributed by atoms with van der Waals surface area (Å²) in [6.45, 7) is 1.99. The maximum Gasteiger partial charge on any atom is 0.339 e. The first-order valence-electron chi connectivity index (χ1n) is 9.25. The SMILES string of the molecule is CCOc1cc(C=NNC(=O)c2ccccc2)cc(Cl)c1OS(=O)(=O)c1ccccc1. The molecule has 3 aromatic carbocycles. The number of ether oxygens (including phenoxy) is 1. The fraction of sp³-hybridized carbons (Fsp3) is 0.0909. The quantitative estimate of drug-likeness (QED) is 0.309.